The molecule has 0 saturated carbocycles. The van der Waals surface area contributed by atoms with Crippen LogP contribution in [0.4, 0.5) is 0 Å². The van der Waals surface area contributed by atoms with Gasteiger partial charge in [0.1, 0.15) is 5.69 Å². The van der Waals surface area contributed by atoms with Gasteiger partial charge in [0.15, 0.2) is 5.58 Å². The minimum atomic E-state index is -0.461. The van der Waals surface area contributed by atoms with Crippen LogP contribution in [0.5, 0.6) is 0 Å². The lowest BCUT2D eigenvalue weighted by molar-refractivity contribution is -0.134. The van der Waals surface area contributed by atoms with Crippen LogP contribution < -0.4 is 10.6 Å². The van der Waals surface area contributed by atoms with Crippen molar-refractivity contribution in [3.63, 3.8) is 0 Å². The van der Waals surface area contributed by atoms with Crippen molar-refractivity contribution in [2.24, 2.45) is 0 Å². The van der Waals surface area contributed by atoms with Gasteiger partial charge in [0.25, 0.3) is 0 Å². The molecule has 0 radical (unpaired) electrons. The zero-order valence-corrected chi connectivity index (χ0v) is 12.3. The quantitative estimate of drug-likeness (QED) is 0.637. The molecule has 1 aromatic carbocycles. The highest BCUT2D eigenvalue weighted by atomic mass is 16.5. The molecular formula is C16H15N3O4. The molecule has 1 fully saturated rings. The third kappa shape index (κ3) is 2.19. The molecule has 2 unspecified atom stereocenters. The molecule has 1 aliphatic carbocycles. The maximum absolute atomic E-state index is 12.1. The Balaban J connectivity index is 1.72. The number of aromatic nitrogens is 1. The Bertz CT molecular complexity index is 826. The average molecular weight is 313 g/mol. The Morgan fingerprint density at radius 1 is 1.30 bits per heavy atom. The molecule has 118 valence electrons. The van der Waals surface area contributed by atoms with Crippen LogP contribution in [-0.2, 0) is 27.2 Å². The van der Waals surface area contributed by atoms with Crippen LogP contribution in [0.1, 0.15) is 35.6 Å². The molecule has 0 bridgehead atoms. The topological polar surface area (TPSA) is 101 Å². The lowest BCUT2D eigenvalue weighted by Gasteiger charge is -2.18. The van der Waals surface area contributed by atoms with Crippen molar-refractivity contribution in [3.8, 4) is 0 Å². The highest BCUT2D eigenvalue weighted by molar-refractivity contribution is 6.02. The maximum Gasteiger partial charge on any atom is 0.235 e. The van der Waals surface area contributed by atoms with E-state index in [1.54, 1.807) is 0 Å². The van der Waals surface area contributed by atoms with Crippen LogP contribution in [0.3, 0.4) is 0 Å². The predicted molar refractivity (Wildman–Crippen MR) is 79.5 cm³/mol. The number of hydrogen-bond acceptors (Lipinski definition) is 5. The summed E-state index contributed by atoms with van der Waals surface area (Å²) in [5.74, 6) is -1.03. The fourth-order valence-corrected chi connectivity index (χ4v) is 3.54. The van der Waals surface area contributed by atoms with E-state index < -0.39 is 5.92 Å². The maximum atomic E-state index is 12.1. The predicted octanol–water partition coefficient (Wildman–Crippen LogP) is 0.561. The molecule has 2 atom stereocenters. The summed E-state index contributed by atoms with van der Waals surface area (Å²) < 4.78 is 5.52. The molecule has 4 rings (SSSR count). The van der Waals surface area contributed by atoms with Gasteiger partial charge in [-0.2, -0.15) is 0 Å². The minimum absolute atomic E-state index is 0.0669. The highest BCUT2D eigenvalue weighted by Crippen LogP contribution is 2.35. The zero-order chi connectivity index (χ0) is 16.0. The number of carbonyl (C=O) groups is 3. The molecular weight excluding hydrogens is 298 g/mol. The molecule has 1 saturated heterocycles. The van der Waals surface area contributed by atoms with Gasteiger partial charge in [-0.15, -0.1) is 0 Å². The van der Waals surface area contributed by atoms with E-state index in [-0.39, 0.29) is 17.9 Å². The van der Waals surface area contributed by atoms with Gasteiger partial charge >= 0.3 is 0 Å². The van der Waals surface area contributed by atoms with Crippen LogP contribution in [0.15, 0.2) is 16.7 Å². The number of nitrogens with one attached hydrogen (secondary N) is 2. The van der Waals surface area contributed by atoms with E-state index in [4.69, 9.17) is 4.52 Å². The second kappa shape index (κ2) is 5.19. The molecule has 23 heavy (non-hydrogen) atoms. The molecule has 0 spiro atoms. The summed E-state index contributed by atoms with van der Waals surface area (Å²) in [5, 5.41) is 10.1. The van der Waals surface area contributed by atoms with Crippen molar-refractivity contribution in [2.75, 3.05) is 0 Å². The molecule has 2 aromatic rings. The second-order valence-electron chi connectivity index (χ2n) is 6.04. The fourth-order valence-electron chi connectivity index (χ4n) is 3.54. The standard InChI is InChI=1S/C16H15N3O4/c20-7-17-9-5-8-1-2-10-14(19-23-15(10)12(8)6-9)11-3-4-13(21)18-16(11)22/h1-2,7,9,11H,3-6H2,(H,17,20)(H,18,21,22). The summed E-state index contributed by atoms with van der Waals surface area (Å²) in [6.07, 6.45) is 2.91. The Morgan fingerprint density at radius 2 is 2.17 bits per heavy atom. The first-order valence-corrected chi connectivity index (χ1v) is 7.61. The minimum Gasteiger partial charge on any atom is -0.356 e. The van der Waals surface area contributed by atoms with Gasteiger partial charge in [-0.3, -0.25) is 19.7 Å². The number of rotatable bonds is 3. The SMILES string of the molecule is O=CNC1Cc2ccc3c(C4CCC(=O)NC4=O)noc3c2C1. The number of benzene rings is 1. The van der Waals surface area contributed by atoms with Crippen LogP contribution in [-0.4, -0.2) is 29.4 Å². The van der Waals surface area contributed by atoms with Gasteiger partial charge in [0, 0.05) is 23.4 Å². The molecule has 7 heteroatoms. The third-order valence-electron chi connectivity index (χ3n) is 4.66. The molecule has 2 aliphatic rings. The van der Waals surface area contributed by atoms with Crippen molar-refractivity contribution in [1.29, 1.82) is 0 Å². The number of piperidine rings is 1. The highest BCUT2D eigenvalue weighted by Gasteiger charge is 2.33. The normalized spacial score (nSPS) is 23.7. The van der Waals surface area contributed by atoms with Crippen molar-refractivity contribution in [1.82, 2.24) is 15.8 Å². The number of nitrogens with zero attached hydrogens (tertiary/aromatic N) is 1. The van der Waals surface area contributed by atoms with Gasteiger partial charge < -0.3 is 9.84 Å². The van der Waals surface area contributed by atoms with Crippen LogP contribution in [0, 0.1) is 0 Å². The summed E-state index contributed by atoms with van der Waals surface area (Å²) >= 11 is 0. The van der Waals surface area contributed by atoms with Gasteiger partial charge in [-0.1, -0.05) is 11.2 Å². The second-order valence-corrected chi connectivity index (χ2v) is 6.04. The van der Waals surface area contributed by atoms with Gasteiger partial charge in [0.05, 0.1) is 5.92 Å². The molecule has 3 amide bonds. The molecule has 1 aromatic heterocycles. The van der Waals surface area contributed by atoms with Crippen molar-refractivity contribution >= 4 is 29.2 Å². The van der Waals surface area contributed by atoms with Crippen LogP contribution in [0.2, 0.25) is 0 Å². The summed E-state index contributed by atoms with van der Waals surface area (Å²) in [7, 11) is 0. The first kappa shape index (κ1) is 13.9. The van der Waals surface area contributed by atoms with Gasteiger partial charge in [0.2, 0.25) is 18.2 Å². The van der Waals surface area contributed by atoms with E-state index in [2.05, 4.69) is 15.8 Å². The zero-order valence-electron chi connectivity index (χ0n) is 12.3. The van der Waals surface area contributed by atoms with Crippen molar-refractivity contribution in [3.05, 3.63) is 29.0 Å². The van der Waals surface area contributed by atoms with Crippen LogP contribution >= 0.6 is 0 Å². The monoisotopic (exact) mass is 313 g/mol. The molecule has 7 nitrogen and oxygen atoms in total. The first-order valence-electron chi connectivity index (χ1n) is 7.61. The van der Waals surface area contributed by atoms with Crippen LogP contribution in [0.25, 0.3) is 11.0 Å². The third-order valence-corrected chi connectivity index (χ3v) is 4.66. The Kier molecular flexibility index (Phi) is 3.14. The Labute approximate surface area is 131 Å². The first-order chi connectivity index (χ1) is 11.2. The number of amides is 3. The summed E-state index contributed by atoms with van der Waals surface area (Å²) in [6.45, 7) is 0. The van der Waals surface area contributed by atoms with E-state index in [9.17, 15) is 14.4 Å². The van der Waals surface area contributed by atoms with Crippen molar-refractivity contribution in [2.45, 2.75) is 37.6 Å². The Hall–Kier alpha value is -2.70. The van der Waals surface area contributed by atoms with Crippen molar-refractivity contribution < 1.29 is 18.9 Å². The largest absolute Gasteiger partial charge is 0.356 e. The van der Waals surface area contributed by atoms with E-state index in [0.29, 0.717) is 36.9 Å². The molecule has 1 aliphatic heterocycles. The number of fused-ring (bicyclic) bond motifs is 3. The number of carbonyl (C=O) groups excluding carboxylic acids is 3. The lowest BCUT2D eigenvalue weighted by atomic mass is 9.92. The number of imide groups is 1. The fraction of sp³-hybridized carbons (Fsp3) is 0.375. The summed E-state index contributed by atoms with van der Waals surface area (Å²) in [5.41, 5.74) is 3.42. The molecule has 2 N–H and O–H groups in total. The van der Waals surface area contributed by atoms with E-state index in [1.165, 1.54) is 0 Å². The average Bonchev–Trinajstić information content (AvgIpc) is 3.10. The lowest BCUT2D eigenvalue weighted by Crippen LogP contribution is -2.39. The van der Waals surface area contributed by atoms with E-state index in [1.807, 2.05) is 12.1 Å². The van der Waals surface area contributed by atoms with E-state index >= 15 is 0 Å². The van der Waals surface area contributed by atoms with E-state index in [0.717, 1.165) is 22.9 Å². The van der Waals surface area contributed by atoms with Gasteiger partial charge in [-0.25, -0.2) is 0 Å². The number of hydrogen-bond donors (Lipinski definition) is 2. The summed E-state index contributed by atoms with van der Waals surface area (Å²) in [6, 6.07) is 3.97. The Morgan fingerprint density at radius 3 is 2.96 bits per heavy atom. The smallest absolute Gasteiger partial charge is 0.235 e. The van der Waals surface area contributed by atoms with Gasteiger partial charge in [-0.05, 0) is 30.9 Å². The molecule has 2 heterocycles. The summed E-state index contributed by atoms with van der Waals surface area (Å²) in [4.78, 5) is 34.0.